The van der Waals surface area contributed by atoms with E-state index in [-0.39, 0.29) is 24.7 Å². The maximum absolute atomic E-state index is 12.0. The lowest BCUT2D eigenvalue weighted by Gasteiger charge is -2.09. The van der Waals surface area contributed by atoms with Gasteiger partial charge < -0.3 is 5.32 Å². The van der Waals surface area contributed by atoms with Crippen LogP contribution in [0.4, 0.5) is 5.69 Å². The monoisotopic (exact) mass is 371 g/mol. The lowest BCUT2D eigenvalue weighted by Crippen LogP contribution is -2.21. The number of carbonyl (C=O) groups excluding carboxylic acids is 2. The fourth-order valence-electron chi connectivity index (χ4n) is 2.38. The second-order valence-electron chi connectivity index (χ2n) is 6.11. The largest absolute Gasteiger partial charge is 0.326 e. The van der Waals surface area contributed by atoms with Crippen molar-refractivity contribution in [2.75, 3.05) is 5.32 Å². The molecular formula is C20H22ClN3O2. The number of nitrogens with one attached hydrogen (secondary N) is 2. The SMILES string of the molecule is Cc1ccc(/C=N/NC(=O)CCC(=O)Nc2cccc(Cl)c2C)c(C)c1. The predicted molar refractivity (Wildman–Crippen MR) is 106 cm³/mol. The number of hydrogen-bond donors (Lipinski definition) is 2. The number of nitrogens with zero attached hydrogens (tertiary/aromatic N) is 1. The van der Waals surface area contributed by atoms with Crippen LogP contribution < -0.4 is 10.7 Å². The first-order chi connectivity index (χ1) is 12.4. The molecule has 2 amide bonds. The van der Waals surface area contributed by atoms with Crippen molar-refractivity contribution in [2.45, 2.75) is 33.6 Å². The smallest absolute Gasteiger partial charge is 0.240 e. The quantitative estimate of drug-likeness (QED) is 0.592. The van der Waals surface area contributed by atoms with Gasteiger partial charge >= 0.3 is 0 Å². The molecule has 136 valence electrons. The number of anilines is 1. The Bertz CT molecular complexity index is 847. The summed E-state index contributed by atoms with van der Waals surface area (Å²) in [5.74, 6) is -0.562. The molecule has 0 bridgehead atoms. The van der Waals surface area contributed by atoms with E-state index in [0.717, 1.165) is 16.7 Å². The van der Waals surface area contributed by atoms with Crippen LogP contribution in [0.3, 0.4) is 0 Å². The Hall–Kier alpha value is -2.66. The summed E-state index contributed by atoms with van der Waals surface area (Å²) >= 11 is 6.02. The lowest BCUT2D eigenvalue weighted by molar-refractivity contribution is -0.124. The molecule has 0 aliphatic carbocycles. The van der Waals surface area contributed by atoms with Crippen LogP contribution in [0.25, 0.3) is 0 Å². The molecule has 0 heterocycles. The summed E-state index contributed by atoms with van der Waals surface area (Å²) in [5, 5.41) is 7.29. The molecule has 0 atom stereocenters. The van der Waals surface area contributed by atoms with Crippen LogP contribution in [0, 0.1) is 20.8 Å². The Morgan fingerprint density at radius 1 is 1.08 bits per heavy atom. The molecule has 0 radical (unpaired) electrons. The number of hydrazone groups is 1. The van der Waals surface area contributed by atoms with E-state index >= 15 is 0 Å². The van der Waals surface area contributed by atoms with E-state index in [2.05, 4.69) is 15.8 Å². The first-order valence-electron chi connectivity index (χ1n) is 8.31. The molecule has 0 fully saturated rings. The van der Waals surface area contributed by atoms with Crippen LogP contribution in [0.1, 0.15) is 35.1 Å². The van der Waals surface area contributed by atoms with Crippen LogP contribution in [0.2, 0.25) is 5.02 Å². The first-order valence-corrected chi connectivity index (χ1v) is 8.68. The van der Waals surface area contributed by atoms with E-state index in [1.807, 2.05) is 39.0 Å². The van der Waals surface area contributed by atoms with Crippen LogP contribution in [0.15, 0.2) is 41.5 Å². The molecule has 0 saturated carbocycles. The molecule has 2 aromatic rings. The highest BCUT2D eigenvalue weighted by molar-refractivity contribution is 6.31. The highest BCUT2D eigenvalue weighted by Crippen LogP contribution is 2.23. The fourth-order valence-corrected chi connectivity index (χ4v) is 2.56. The van der Waals surface area contributed by atoms with Crippen molar-refractivity contribution in [2.24, 2.45) is 5.10 Å². The van der Waals surface area contributed by atoms with Gasteiger partial charge in [0.25, 0.3) is 0 Å². The van der Waals surface area contributed by atoms with Crippen molar-refractivity contribution < 1.29 is 9.59 Å². The first kappa shape index (κ1) is 19.7. The molecule has 0 aliphatic rings. The Morgan fingerprint density at radius 3 is 2.54 bits per heavy atom. The zero-order chi connectivity index (χ0) is 19.1. The van der Waals surface area contributed by atoms with Crippen LogP contribution >= 0.6 is 11.6 Å². The third kappa shape index (κ3) is 5.70. The van der Waals surface area contributed by atoms with Crippen LogP contribution in [0.5, 0.6) is 0 Å². The second kappa shape index (κ2) is 9.15. The molecular weight excluding hydrogens is 350 g/mol. The van der Waals surface area contributed by atoms with Crippen LogP contribution in [-0.4, -0.2) is 18.0 Å². The van der Waals surface area contributed by atoms with Gasteiger partial charge in [-0.3, -0.25) is 9.59 Å². The van der Waals surface area contributed by atoms with Crippen molar-refractivity contribution in [1.29, 1.82) is 0 Å². The molecule has 2 aromatic carbocycles. The van der Waals surface area contributed by atoms with E-state index < -0.39 is 0 Å². The van der Waals surface area contributed by atoms with Crippen LogP contribution in [-0.2, 0) is 9.59 Å². The lowest BCUT2D eigenvalue weighted by atomic mass is 10.1. The minimum absolute atomic E-state index is 0.0513. The molecule has 0 saturated heterocycles. The maximum Gasteiger partial charge on any atom is 0.240 e. The third-order valence-electron chi connectivity index (χ3n) is 3.94. The maximum atomic E-state index is 12.0. The van der Waals surface area contributed by atoms with Crippen molar-refractivity contribution >= 4 is 35.3 Å². The minimum Gasteiger partial charge on any atom is -0.326 e. The molecule has 0 aliphatic heterocycles. The fraction of sp³-hybridized carbons (Fsp3) is 0.250. The Balaban J connectivity index is 1.80. The summed E-state index contributed by atoms with van der Waals surface area (Å²) in [6, 6.07) is 11.3. The molecule has 0 aromatic heterocycles. The molecule has 2 rings (SSSR count). The van der Waals surface area contributed by atoms with E-state index in [9.17, 15) is 9.59 Å². The van der Waals surface area contributed by atoms with E-state index in [0.29, 0.717) is 10.7 Å². The van der Waals surface area contributed by atoms with E-state index in [1.54, 1.807) is 24.4 Å². The van der Waals surface area contributed by atoms with Gasteiger partial charge in [0, 0.05) is 23.6 Å². The summed E-state index contributed by atoms with van der Waals surface area (Å²) in [7, 11) is 0. The molecule has 0 unspecified atom stereocenters. The van der Waals surface area contributed by atoms with Gasteiger partial charge in [0.05, 0.1) is 6.21 Å². The molecule has 0 spiro atoms. The van der Waals surface area contributed by atoms with Gasteiger partial charge in [0.15, 0.2) is 0 Å². The van der Waals surface area contributed by atoms with Crippen molar-refractivity contribution in [3.05, 3.63) is 63.7 Å². The van der Waals surface area contributed by atoms with Gasteiger partial charge in [-0.05, 0) is 49.6 Å². The molecule has 2 N–H and O–H groups in total. The summed E-state index contributed by atoms with van der Waals surface area (Å²) < 4.78 is 0. The third-order valence-corrected chi connectivity index (χ3v) is 4.35. The second-order valence-corrected chi connectivity index (χ2v) is 6.52. The summed E-state index contributed by atoms with van der Waals surface area (Å²) in [6.45, 7) is 5.83. The molecule has 5 nitrogen and oxygen atoms in total. The molecule has 26 heavy (non-hydrogen) atoms. The number of aryl methyl sites for hydroxylation is 2. The average Bonchev–Trinajstić information content (AvgIpc) is 2.59. The van der Waals surface area contributed by atoms with E-state index in [4.69, 9.17) is 11.6 Å². The van der Waals surface area contributed by atoms with Crippen molar-refractivity contribution in [3.63, 3.8) is 0 Å². The number of halogens is 1. The van der Waals surface area contributed by atoms with Gasteiger partial charge in [-0.1, -0.05) is 41.4 Å². The summed E-state index contributed by atoms with van der Waals surface area (Å²) in [6.07, 6.45) is 1.72. The van der Waals surface area contributed by atoms with Gasteiger partial charge in [0.1, 0.15) is 0 Å². The summed E-state index contributed by atoms with van der Waals surface area (Å²) in [4.78, 5) is 23.8. The average molecular weight is 372 g/mol. The highest BCUT2D eigenvalue weighted by atomic mass is 35.5. The summed E-state index contributed by atoms with van der Waals surface area (Å²) in [5.41, 5.74) is 7.08. The van der Waals surface area contributed by atoms with Gasteiger partial charge in [-0.25, -0.2) is 5.43 Å². The Kier molecular flexibility index (Phi) is 6.92. The van der Waals surface area contributed by atoms with E-state index in [1.165, 1.54) is 5.56 Å². The van der Waals surface area contributed by atoms with Gasteiger partial charge in [-0.2, -0.15) is 5.10 Å². The van der Waals surface area contributed by atoms with Gasteiger partial charge in [-0.15, -0.1) is 0 Å². The predicted octanol–water partition coefficient (Wildman–Crippen LogP) is 4.13. The zero-order valence-electron chi connectivity index (χ0n) is 15.1. The number of rotatable bonds is 6. The standard InChI is InChI=1S/C20H22ClN3O2/c1-13-7-8-16(14(2)11-13)12-22-24-20(26)10-9-19(25)23-18-6-4-5-17(21)15(18)3/h4-8,11-12H,9-10H2,1-3H3,(H,23,25)(H,24,26)/b22-12+. The highest BCUT2D eigenvalue weighted by Gasteiger charge is 2.09. The van der Waals surface area contributed by atoms with Crippen molar-refractivity contribution in [1.82, 2.24) is 5.43 Å². The minimum atomic E-state index is -0.316. The number of benzene rings is 2. The van der Waals surface area contributed by atoms with Gasteiger partial charge in [0.2, 0.25) is 11.8 Å². The normalized spacial score (nSPS) is 10.8. The number of amides is 2. The Labute approximate surface area is 158 Å². The Morgan fingerprint density at radius 2 is 1.81 bits per heavy atom. The molecule has 6 heteroatoms. The number of hydrogen-bond acceptors (Lipinski definition) is 3. The van der Waals surface area contributed by atoms with Crippen molar-refractivity contribution in [3.8, 4) is 0 Å². The topological polar surface area (TPSA) is 70.6 Å². The zero-order valence-corrected chi connectivity index (χ0v) is 15.9. The number of carbonyl (C=O) groups is 2.